The average molecular weight is 254 g/mol. The first-order valence-electron chi connectivity index (χ1n) is 7.20. The zero-order chi connectivity index (χ0) is 13.1. The summed E-state index contributed by atoms with van der Waals surface area (Å²) in [6.45, 7) is 10.6. The smallest absolute Gasteiger partial charge is 0.236 e. The van der Waals surface area contributed by atoms with Gasteiger partial charge in [0, 0.05) is 13.1 Å². The predicted molar refractivity (Wildman–Crippen MR) is 71.4 cm³/mol. The molecule has 0 aromatic heterocycles. The van der Waals surface area contributed by atoms with E-state index in [0.717, 1.165) is 32.1 Å². The maximum atomic E-state index is 12.3. The normalized spacial score (nSPS) is 31.6. The molecule has 2 aliphatic heterocycles. The Morgan fingerprint density at radius 1 is 1.11 bits per heavy atom. The van der Waals surface area contributed by atoms with Gasteiger partial charge >= 0.3 is 0 Å². The number of rotatable bonds is 2. The van der Waals surface area contributed by atoms with Crippen LogP contribution in [-0.2, 0) is 9.53 Å². The Hall–Kier alpha value is -0.610. The summed E-state index contributed by atoms with van der Waals surface area (Å²) in [6.07, 6.45) is 2.78. The summed E-state index contributed by atoms with van der Waals surface area (Å²) >= 11 is 0. The Morgan fingerprint density at radius 2 is 1.67 bits per heavy atom. The van der Waals surface area contributed by atoms with Gasteiger partial charge < -0.3 is 9.64 Å². The van der Waals surface area contributed by atoms with Crippen LogP contribution in [0.15, 0.2) is 0 Å². The maximum Gasteiger partial charge on any atom is 0.236 e. The van der Waals surface area contributed by atoms with Crippen molar-refractivity contribution in [3.63, 3.8) is 0 Å². The van der Waals surface area contributed by atoms with E-state index in [0.29, 0.717) is 6.54 Å². The molecule has 2 fully saturated rings. The highest BCUT2D eigenvalue weighted by molar-refractivity contribution is 5.78. The molecule has 0 radical (unpaired) electrons. The molecule has 0 bridgehead atoms. The molecule has 2 saturated heterocycles. The molecule has 1 amide bonds. The minimum absolute atomic E-state index is 0.166. The summed E-state index contributed by atoms with van der Waals surface area (Å²) in [5.74, 6) is 1.09. The number of morpholine rings is 1. The molecule has 2 rings (SSSR count). The van der Waals surface area contributed by atoms with Crippen LogP contribution >= 0.6 is 0 Å². The first-order valence-corrected chi connectivity index (χ1v) is 7.20. The number of ether oxygens (including phenoxy) is 1. The fourth-order valence-corrected chi connectivity index (χ4v) is 2.89. The van der Waals surface area contributed by atoms with Crippen molar-refractivity contribution in [2.75, 3.05) is 32.7 Å². The fraction of sp³-hybridized carbons (Fsp3) is 0.929. The van der Waals surface area contributed by atoms with Crippen molar-refractivity contribution < 1.29 is 9.53 Å². The predicted octanol–water partition coefficient (Wildman–Crippen LogP) is 1.35. The van der Waals surface area contributed by atoms with Crippen molar-refractivity contribution >= 4 is 5.91 Å². The van der Waals surface area contributed by atoms with Gasteiger partial charge in [0.25, 0.3) is 0 Å². The molecule has 0 N–H and O–H groups in total. The molecular weight excluding hydrogens is 228 g/mol. The van der Waals surface area contributed by atoms with Crippen LogP contribution in [-0.4, -0.2) is 60.6 Å². The first-order chi connectivity index (χ1) is 8.54. The Balaban J connectivity index is 1.80. The van der Waals surface area contributed by atoms with Crippen LogP contribution in [0.4, 0.5) is 0 Å². The highest BCUT2D eigenvalue weighted by Gasteiger charge is 2.27. The summed E-state index contributed by atoms with van der Waals surface area (Å²) in [6, 6.07) is 0. The van der Waals surface area contributed by atoms with Crippen molar-refractivity contribution in [1.29, 1.82) is 0 Å². The second kappa shape index (κ2) is 6.02. The van der Waals surface area contributed by atoms with E-state index in [4.69, 9.17) is 4.74 Å². The van der Waals surface area contributed by atoms with Gasteiger partial charge in [0.05, 0.1) is 18.8 Å². The van der Waals surface area contributed by atoms with Crippen molar-refractivity contribution in [2.24, 2.45) is 5.92 Å². The molecule has 2 heterocycles. The van der Waals surface area contributed by atoms with Crippen LogP contribution in [0.25, 0.3) is 0 Å². The van der Waals surface area contributed by atoms with Gasteiger partial charge in [-0.3, -0.25) is 9.69 Å². The van der Waals surface area contributed by atoms with Gasteiger partial charge in [-0.15, -0.1) is 0 Å². The van der Waals surface area contributed by atoms with Crippen LogP contribution in [0.3, 0.4) is 0 Å². The lowest BCUT2D eigenvalue weighted by Gasteiger charge is -2.37. The largest absolute Gasteiger partial charge is 0.372 e. The van der Waals surface area contributed by atoms with Crippen molar-refractivity contribution in [3.8, 4) is 0 Å². The molecule has 0 aromatic rings. The highest BCUT2D eigenvalue weighted by Crippen LogP contribution is 2.16. The lowest BCUT2D eigenvalue weighted by atomic mass is 9.99. The van der Waals surface area contributed by atoms with E-state index in [1.54, 1.807) is 0 Å². The Labute approximate surface area is 110 Å². The summed E-state index contributed by atoms with van der Waals surface area (Å²) < 4.78 is 5.66. The Bertz CT molecular complexity index is 278. The van der Waals surface area contributed by atoms with Crippen LogP contribution in [0.1, 0.15) is 33.6 Å². The van der Waals surface area contributed by atoms with Gasteiger partial charge in [0.15, 0.2) is 0 Å². The van der Waals surface area contributed by atoms with E-state index in [-0.39, 0.29) is 18.1 Å². The zero-order valence-electron chi connectivity index (χ0n) is 11.9. The third kappa shape index (κ3) is 3.69. The molecule has 104 valence electrons. The third-order valence-electron chi connectivity index (χ3n) is 4.01. The maximum absolute atomic E-state index is 12.3. The Morgan fingerprint density at radius 3 is 2.22 bits per heavy atom. The second-order valence-corrected chi connectivity index (χ2v) is 6.01. The number of nitrogens with zero attached hydrogens (tertiary/aromatic N) is 2. The number of amides is 1. The molecule has 2 aliphatic rings. The third-order valence-corrected chi connectivity index (χ3v) is 4.01. The molecule has 18 heavy (non-hydrogen) atoms. The lowest BCUT2D eigenvalue weighted by Crippen LogP contribution is -2.51. The summed E-state index contributed by atoms with van der Waals surface area (Å²) in [5, 5.41) is 0. The van der Waals surface area contributed by atoms with E-state index in [2.05, 4.69) is 11.8 Å². The number of piperidine rings is 1. The van der Waals surface area contributed by atoms with E-state index < -0.39 is 0 Å². The molecular formula is C14H26N2O2. The lowest BCUT2D eigenvalue weighted by molar-refractivity contribution is -0.144. The van der Waals surface area contributed by atoms with E-state index in [9.17, 15) is 4.79 Å². The molecule has 0 aromatic carbocycles. The van der Waals surface area contributed by atoms with Crippen LogP contribution < -0.4 is 0 Å². The number of hydrogen-bond acceptors (Lipinski definition) is 3. The minimum Gasteiger partial charge on any atom is -0.372 e. The molecule has 0 spiro atoms. The SMILES string of the molecule is CC1CCN(CC(=O)N2CC(C)OC(C)C2)CC1. The topological polar surface area (TPSA) is 32.8 Å². The highest BCUT2D eigenvalue weighted by atomic mass is 16.5. The van der Waals surface area contributed by atoms with E-state index >= 15 is 0 Å². The van der Waals surface area contributed by atoms with E-state index in [1.807, 2.05) is 18.7 Å². The van der Waals surface area contributed by atoms with Crippen LogP contribution in [0.5, 0.6) is 0 Å². The van der Waals surface area contributed by atoms with Gasteiger partial charge in [-0.1, -0.05) is 6.92 Å². The molecule has 4 nitrogen and oxygen atoms in total. The van der Waals surface area contributed by atoms with Crippen molar-refractivity contribution in [3.05, 3.63) is 0 Å². The number of carbonyl (C=O) groups excluding carboxylic acids is 1. The van der Waals surface area contributed by atoms with Crippen LogP contribution in [0, 0.1) is 5.92 Å². The van der Waals surface area contributed by atoms with Crippen molar-refractivity contribution in [1.82, 2.24) is 9.80 Å². The summed E-state index contributed by atoms with van der Waals surface area (Å²) in [5.41, 5.74) is 0. The van der Waals surface area contributed by atoms with Gasteiger partial charge in [-0.25, -0.2) is 0 Å². The van der Waals surface area contributed by atoms with Gasteiger partial charge in [0.2, 0.25) is 5.91 Å². The molecule has 4 heteroatoms. The number of hydrogen-bond donors (Lipinski definition) is 0. The summed E-state index contributed by atoms with van der Waals surface area (Å²) in [7, 11) is 0. The fourth-order valence-electron chi connectivity index (χ4n) is 2.89. The van der Waals surface area contributed by atoms with Gasteiger partial charge in [-0.05, 0) is 45.7 Å². The second-order valence-electron chi connectivity index (χ2n) is 6.01. The molecule has 2 atom stereocenters. The zero-order valence-corrected chi connectivity index (χ0v) is 11.9. The van der Waals surface area contributed by atoms with Gasteiger partial charge in [0.1, 0.15) is 0 Å². The number of likely N-dealkylation sites (tertiary alicyclic amines) is 1. The van der Waals surface area contributed by atoms with Crippen molar-refractivity contribution in [2.45, 2.75) is 45.8 Å². The molecule has 0 aliphatic carbocycles. The number of carbonyl (C=O) groups is 1. The minimum atomic E-state index is 0.166. The average Bonchev–Trinajstić information content (AvgIpc) is 2.31. The van der Waals surface area contributed by atoms with E-state index in [1.165, 1.54) is 12.8 Å². The summed E-state index contributed by atoms with van der Waals surface area (Å²) in [4.78, 5) is 16.5. The monoisotopic (exact) mass is 254 g/mol. The Kier molecular flexibility index (Phi) is 4.62. The quantitative estimate of drug-likeness (QED) is 0.746. The van der Waals surface area contributed by atoms with Gasteiger partial charge in [-0.2, -0.15) is 0 Å². The molecule has 2 unspecified atom stereocenters. The first kappa shape index (κ1) is 13.8. The van der Waals surface area contributed by atoms with Crippen LogP contribution in [0.2, 0.25) is 0 Å². The standard InChI is InChI=1S/C14H26N2O2/c1-11-4-6-15(7-5-11)10-14(17)16-8-12(2)18-13(3)9-16/h11-13H,4-10H2,1-3H3. The molecule has 0 saturated carbocycles.